The molecule has 0 aromatic carbocycles. The Morgan fingerprint density at radius 1 is 1.23 bits per heavy atom. The average molecular weight is 222 g/mol. The second-order valence-electron chi connectivity index (χ2n) is 4.36. The van der Waals surface area contributed by atoms with Crippen molar-refractivity contribution in [2.75, 3.05) is 6.16 Å². The largest absolute Gasteiger partial charge is 0.326 e. The topological polar surface area (TPSA) is 57.5 Å². The summed E-state index contributed by atoms with van der Waals surface area (Å²) in [6.07, 6.45) is 4.36. The van der Waals surface area contributed by atoms with Gasteiger partial charge in [0.2, 0.25) is 0 Å². The highest BCUT2D eigenvalue weighted by molar-refractivity contribution is 7.82. The highest BCUT2D eigenvalue weighted by Gasteiger charge is 2.54. The van der Waals surface area contributed by atoms with Crippen LogP contribution in [-0.2, 0) is 4.57 Å². The molecule has 2 N–H and O–H groups in total. The molecular formula is C8H15O3PS. The third kappa shape index (κ3) is 2.30. The Hall–Kier alpha value is 0.500. The standard InChI is InChI=1S/C8H15O3PS/c9-12(10,11)5-8(13,6-1-2-6)7-3-4-7/h6-7,13H,1-5H2,(H2,9,10,11). The first-order valence-corrected chi connectivity index (χ1v) is 6.93. The number of thiol groups is 1. The highest BCUT2D eigenvalue weighted by atomic mass is 32.1. The second kappa shape index (κ2) is 2.99. The monoisotopic (exact) mass is 222 g/mol. The molecule has 0 aromatic rings. The SMILES string of the molecule is O=P(O)(O)CC(S)(C1CC1)C1CC1. The minimum absolute atomic E-state index is 0.0293. The predicted molar refractivity (Wildman–Crippen MR) is 54.1 cm³/mol. The third-order valence-corrected chi connectivity index (χ3v) is 5.10. The molecule has 2 aliphatic rings. The van der Waals surface area contributed by atoms with Gasteiger partial charge in [0.25, 0.3) is 0 Å². The molecule has 2 fully saturated rings. The van der Waals surface area contributed by atoms with Gasteiger partial charge >= 0.3 is 7.60 Å². The zero-order chi connectivity index (χ0) is 9.69. The van der Waals surface area contributed by atoms with E-state index in [0.29, 0.717) is 11.8 Å². The molecule has 0 aliphatic heterocycles. The summed E-state index contributed by atoms with van der Waals surface area (Å²) in [6, 6.07) is 0. The summed E-state index contributed by atoms with van der Waals surface area (Å²) in [6.45, 7) is 0. The van der Waals surface area contributed by atoms with E-state index in [1.54, 1.807) is 0 Å². The molecule has 0 saturated heterocycles. The Labute approximate surface area is 83.5 Å². The van der Waals surface area contributed by atoms with Gasteiger partial charge in [0.15, 0.2) is 0 Å². The van der Waals surface area contributed by atoms with Gasteiger partial charge in [-0.3, -0.25) is 4.57 Å². The van der Waals surface area contributed by atoms with Crippen LogP contribution in [0.1, 0.15) is 25.7 Å². The molecule has 0 amide bonds. The van der Waals surface area contributed by atoms with Crippen LogP contribution in [0.15, 0.2) is 0 Å². The van der Waals surface area contributed by atoms with Crippen molar-refractivity contribution < 1.29 is 14.4 Å². The molecule has 0 heterocycles. The van der Waals surface area contributed by atoms with E-state index >= 15 is 0 Å². The molecular weight excluding hydrogens is 207 g/mol. The fraction of sp³-hybridized carbons (Fsp3) is 1.00. The number of rotatable bonds is 4. The van der Waals surface area contributed by atoms with Gasteiger partial charge in [0.05, 0.1) is 6.16 Å². The van der Waals surface area contributed by atoms with Gasteiger partial charge in [-0.2, -0.15) is 12.6 Å². The lowest BCUT2D eigenvalue weighted by Gasteiger charge is -2.28. The van der Waals surface area contributed by atoms with Crippen LogP contribution in [0, 0.1) is 11.8 Å². The molecule has 2 saturated carbocycles. The van der Waals surface area contributed by atoms with Crippen molar-refractivity contribution in [3.8, 4) is 0 Å². The Balaban J connectivity index is 2.08. The van der Waals surface area contributed by atoms with E-state index in [0.717, 1.165) is 25.7 Å². The van der Waals surface area contributed by atoms with Gasteiger partial charge in [-0.05, 0) is 37.5 Å². The fourth-order valence-corrected chi connectivity index (χ4v) is 4.33. The van der Waals surface area contributed by atoms with Crippen LogP contribution < -0.4 is 0 Å². The smallest absolute Gasteiger partial charge is 0.324 e. The fourth-order valence-electron chi connectivity index (χ4n) is 2.09. The lowest BCUT2D eigenvalue weighted by molar-refractivity contribution is 0.356. The van der Waals surface area contributed by atoms with E-state index in [-0.39, 0.29) is 10.9 Å². The van der Waals surface area contributed by atoms with Crippen LogP contribution in [0.2, 0.25) is 0 Å². The van der Waals surface area contributed by atoms with Gasteiger partial charge in [-0.25, -0.2) is 0 Å². The van der Waals surface area contributed by atoms with Crippen molar-refractivity contribution >= 4 is 20.2 Å². The maximum Gasteiger partial charge on any atom is 0.326 e. The van der Waals surface area contributed by atoms with Gasteiger partial charge in [-0.1, -0.05) is 0 Å². The van der Waals surface area contributed by atoms with E-state index in [9.17, 15) is 4.57 Å². The van der Waals surface area contributed by atoms with E-state index in [1.165, 1.54) is 0 Å². The van der Waals surface area contributed by atoms with Crippen molar-refractivity contribution in [1.82, 2.24) is 0 Å². The molecule has 5 heteroatoms. The maximum absolute atomic E-state index is 11.0. The second-order valence-corrected chi connectivity index (χ2v) is 6.84. The summed E-state index contributed by atoms with van der Waals surface area (Å²) in [5.41, 5.74) is 0. The molecule has 2 aliphatic carbocycles. The minimum atomic E-state index is -3.89. The van der Waals surface area contributed by atoms with Crippen molar-refractivity contribution in [2.45, 2.75) is 30.4 Å². The summed E-state index contributed by atoms with van der Waals surface area (Å²) in [4.78, 5) is 17.9. The van der Waals surface area contributed by atoms with Gasteiger partial charge < -0.3 is 9.79 Å². The maximum atomic E-state index is 11.0. The predicted octanol–water partition coefficient (Wildman–Crippen LogP) is 1.65. The van der Waals surface area contributed by atoms with Crippen molar-refractivity contribution in [3.05, 3.63) is 0 Å². The molecule has 0 spiro atoms. The Kier molecular flexibility index (Phi) is 2.31. The molecule has 0 aromatic heterocycles. The van der Waals surface area contributed by atoms with Gasteiger partial charge in [-0.15, -0.1) is 0 Å². The average Bonchev–Trinajstić information content (AvgIpc) is 2.80. The van der Waals surface area contributed by atoms with Crippen molar-refractivity contribution in [2.24, 2.45) is 11.8 Å². The third-order valence-electron chi connectivity index (χ3n) is 3.03. The van der Waals surface area contributed by atoms with Gasteiger partial charge in [0.1, 0.15) is 0 Å². The van der Waals surface area contributed by atoms with E-state index < -0.39 is 7.60 Å². The Morgan fingerprint density at radius 3 is 1.85 bits per heavy atom. The summed E-state index contributed by atoms with van der Waals surface area (Å²) in [5.74, 6) is 0.909. The normalized spacial score (nSPS) is 24.8. The van der Waals surface area contributed by atoms with Crippen LogP contribution in [0.3, 0.4) is 0 Å². The van der Waals surface area contributed by atoms with E-state index in [1.807, 2.05) is 0 Å². The first-order chi connectivity index (χ1) is 5.92. The lowest BCUT2D eigenvalue weighted by Crippen LogP contribution is -2.32. The zero-order valence-electron chi connectivity index (χ0n) is 7.39. The number of hydrogen-bond donors (Lipinski definition) is 3. The molecule has 13 heavy (non-hydrogen) atoms. The van der Waals surface area contributed by atoms with Crippen LogP contribution in [0.4, 0.5) is 0 Å². The van der Waals surface area contributed by atoms with Crippen LogP contribution >= 0.6 is 20.2 Å². The van der Waals surface area contributed by atoms with E-state index in [4.69, 9.17) is 9.79 Å². The van der Waals surface area contributed by atoms with Gasteiger partial charge in [0, 0.05) is 4.75 Å². The molecule has 76 valence electrons. The molecule has 2 rings (SSSR count). The quantitative estimate of drug-likeness (QED) is 0.500. The summed E-state index contributed by atoms with van der Waals surface area (Å²) in [5, 5.41) is 0. The molecule has 0 atom stereocenters. The van der Waals surface area contributed by atoms with Crippen LogP contribution in [-0.4, -0.2) is 20.7 Å². The molecule has 3 nitrogen and oxygen atoms in total. The first kappa shape index (κ1) is 10.0. The summed E-state index contributed by atoms with van der Waals surface area (Å²) >= 11 is 4.53. The molecule has 0 bridgehead atoms. The van der Waals surface area contributed by atoms with E-state index in [2.05, 4.69) is 12.6 Å². The molecule has 0 unspecified atom stereocenters. The van der Waals surface area contributed by atoms with Crippen LogP contribution in [0.5, 0.6) is 0 Å². The highest BCUT2D eigenvalue weighted by Crippen LogP contribution is 2.60. The lowest BCUT2D eigenvalue weighted by atomic mass is 9.99. The zero-order valence-corrected chi connectivity index (χ0v) is 9.18. The minimum Gasteiger partial charge on any atom is -0.324 e. The van der Waals surface area contributed by atoms with Crippen molar-refractivity contribution in [3.63, 3.8) is 0 Å². The Morgan fingerprint density at radius 2 is 1.62 bits per heavy atom. The van der Waals surface area contributed by atoms with Crippen LogP contribution in [0.25, 0.3) is 0 Å². The number of hydrogen-bond acceptors (Lipinski definition) is 2. The summed E-state index contributed by atoms with van der Waals surface area (Å²) in [7, 11) is -3.89. The Bertz CT molecular complexity index is 242. The van der Waals surface area contributed by atoms with Crippen molar-refractivity contribution in [1.29, 1.82) is 0 Å². The first-order valence-electron chi connectivity index (χ1n) is 4.69. The summed E-state index contributed by atoms with van der Waals surface area (Å²) < 4.78 is 10.6. The molecule has 0 radical (unpaired) electrons.